The van der Waals surface area contributed by atoms with Gasteiger partial charge in [-0.05, 0) is 31.0 Å². The lowest BCUT2D eigenvalue weighted by Crippen LogP contribution is -1.91. The normalized spacial score (nSPS) is 16.1. The van der Waals surface area contributed by atoms with Crippen molar-refractivity contribution in [2.45, 2.75) is 31.6 Å². The zero-order valence-electron chi connectivity index (χ0n) is 10.3. The molecule has 0 saturated heterocycles. The number of nitrogen functional groups attached to an aromatic ring is 1. The van der Waals surface area contributed by atoms with Gasteiger partial charge in [0.15, 0.2) is 0 Å². The molecule has 0 radical (unpaired) electrons. The number of thiazole rings is 1. The smallest absolute Gasteiger partial charge is 0.114 e. The van der Waals surface area contributed by atoms with Crippen molar-refractivity contribution in [2.24, 2.45) is 0 Å². The summed E-state index contributed by atoms with van der Waals surface area (Å²) in [4.78, 5) is 4.71. The van der Waals surface area contributed by atoms with Gasteiger partial charge in [0.05, 0.1) is 10.0 Å². The van der Waals surface area contributed by atoms with Crippen LogP contribution in [0.4, 0.5) is 5.00 Å². The molecule has 1 aliphatic rings. The van der Waals surface area contributed by atoms with Gasteiger partial charge >= 0.3 is 0 Å². The van der Waals surface area contributed by atoms with E-state index in [4.69, 9.17) is 33.9 Å². The van der Waals surface area contributed by atoms with E-state index >= 15 is 0 Å². The fraction of sp³-hybridized carbons (Fsp3) is 0.357. The van der Waals surface area contributed by atoms with Crippen molar-refractivity contribution in [3.8, 4) is 11.3 Å². The van der Waals surface area contributed by atoms with Crippen LogP contribution in [0.5, 0.6) is 0 Å². The van der Waals surface area contributed by atoms with E-state index in [1.807, 2.05) is 6.07 Å². The molecular weight excluding hydrogens is 299 g/mol. The van der Waals surface area contributed by atoms with E-state index in [0.717, 1.165) is 21.3 Å². The lowest BCUT2D eigenvalue weighted by atomic mass is 10.1. The van der Waals surface area contributed by atoms with E-state index in [2.05, 4.69) is 0 Å². The number of aromatic nitrogens is 1. The molecule has 100 valence electrons. The highest BCUT2D eigenvalue weighted by molar-refractivity contribution is 7.16. The Balaban J connectivity index is 2.02. The van der Waals surface area contributed by atoms with Gasteiger partial charge in [-0.25, -0.2) is 4.98 Å². The monoisotopic (exact) mass is 312 g/mol. The van der Waals surface area contributed by atoms with Crippen LogP contribution in [0, 0.1) is 0 Å². The third-order valence-electron chi connectivity index (χ3n) is 3.56. The first kappa shape index (κ1) is 13.2. The highest BCUT2D eigenvalue weighted by atomic mass is 35.5. The van der Waals surface area contributed by atoms with Crippen LogP contribution in [0.25, 0.3) is 11.3 Å². The van der Waals surface area contributed by atoms with Gasteiger partial charge in [-0.1, -0.05) is 36.0 Å². The summed E-state index contributed by atoms with van der Waals surface area (Å²) < 4.78 is 0. The summed E-state index contributed by atoms with van der Waals surface area (Å²) in [5.41, 5.74) is 7.72. The minimum atomic E-state index is 0.569. The first-order valence-electron chi connectivity index (χ1n) is 6.37. The van der Waals surface area contributed by atoms with Crippen LogP contribution in [0.15, 0.2) is 18.2 Å². The Bertz CT molecular complexity index is 603. The number of nitrogens with zero attached hydrogens (tertiary/aromatic N) is 1. The molecular formula is C14H14Cl2N2S. The molecule has 0 aliphatic heterocycles. The Morgan fingerprint density at radius 3 is 2.68 bits per heavy atom. The molecule has 1 aromatic heterocycles. The number of nitrogens with two attached hydrogens (primary N) is 1. The zero-order chi connectivity index (χ0) is 13.4. The Hall–Kier alpha value is -0.770. The van der Waals surface area contributed by atoms with Crippen LogP contribution in [0.3, 0.4) is 0 Å². The molecule has 1 saturated carbocycles. The second-order valence-electron chi connectivity index (χ2n) is 4.87. The molecule has 1 fully saturated rings. The van der Waals surface area contributed by atoms with Gasteiger partial charge in [0.1, 0.15) is 10.7 Å². The maximum Gasteiger partial charge on any atom is 0.114 e. The predicted molar refractivity (Wildman–Crippen MR) is 83.2 cm³/mol. The van der Waals surface area contributed by atoms with Crippen LogP contribution in [-0.2, 0) is 0 Å². The summed E-state index contributed by atoms with van der Waals surface area (Å²) in [6, 6.07) is 5.38. The Labute approximate surface area is 126 Å². The van der Waals surface area contributed by atoms with E-state index in [9.17, 15) is 0 Å². The summed E-state index contributed by atoms with van der Waals surface area (Å²) >= 11 is 13.8. The summed E-state index contributed by atoms with van der Waals surface area (Å²) in [7, 11) is 0. The molecule has 19 heavy (non-hydrogen) atoms. The van der Waals surface area contributed by atoms with Crippen molar-refractivity contribution in [1.29, 1.82) is 0 Å². The average molecular weight is 313 g/mol. The van der Waals surface area contributed by atoms with Crippen LogP contribution < -0.4 is 5.73 Å². The largest absolute Gasteiger partial charge is 0.389 e. The average Bonchev–Trinajstić information content (AvgIpc) is 3.01. The molecule has 0 atom stereocenters. The van der Waals surface area contributed by atoms with Gasteiger partial charge in [-0.3, -0.25) is 0 Å². The quantitative estimate of drug-likeness (QED) is 0.811. The Morgan fingerprint density at radius 2 is 1.95 bits per heavy atom. The molecule has 2 N–H and O–H groups in total. The molecule has 0 unspecified atom stereocenters. The molecule has 2 nitrogen and oxygen atoms in total. The minimum Gasteiger partial charge on any atom is -0.389 e. The van der Waals surface area contributed by atoms with Crippen LogP contribution in [-0.4, -0.2) is 4.98 Å². The molecule has 0 amide bonds. The van der Waals surface area contributed by atoms with Crippen molar-refractivity contribution in [3.63, 3.8) is 0 Å². The van der Waals surface area contributed by atoms with E-state index < -0.39 is 0 Å². The number of anilines is 1. The van der Waals surface area contributed by atoms with Crippen molar-refractivity contribution in [3.05, 3.63) is 33.3 Å². The molecule has 1 aliphatic carbocycles. The topological polar surface area (TPSA) is 38.9 Å². The summed E-state index contributed by atoms with van der Waals surface area (Å²) in [5.74, 6) is 0.569. The van der Waals surface area contributed by atoms with Crippen LogP contribution >= 0.6 is 34.5 Å². The molecule has 5 heteroatoms. The van der Waals surface area contributed by atoms with Gasteiger partial charge in [0.25, 0.3) is 0 Å². The van der Waals surface area contributed by atoms with Gasteiger partial charge in [-0.15, -0.1) is 11.3 Å². The lowest BCUT2D eigenvalue weighted by molar-refractivity contribution is 0.717. The second-order valence-corrected chi connectivity index (χ2v) is 6.78. The van der Waals surface area contributed by atoms with E-state index in [0.29, 0.717) is 16.0 Å². The predicted octanol–water partition coefficient (Wildman–Crippen LogP) is 5.36. The fourth-order valence-corrected chi connectivity index (χ4v) is 3.96. The fourth-order valence-electron chi connectivity index (χ4n) is 2.57. The number of halogens is 2. The molecule has 1 aromatic carbocycles. The second kappa shape index (κ2) is 5.31. The Kier molecular flexibility index (Phi) is 3.70. The number of hydrogen-bond acceptors (Lipinski definition) is 3. The Morgan fingerprint density at radius 1 is 1.21 bits per heavy atom. The maximum atomic E-state index is 6.22. The van der Waals surface area contributed by atoms with Crippen molar-refractivity contribution >= 4 is 39.5 Å². The van der Waals surface area contributed by atoms with Gasteiger partial charge in [0, 0.05) is 16.5 Å². The number of hydrogen-bond donors (Lipinski definition) is 1. The first-order valence-corrected chi connectivity index (χ1v) is 7.94. The van der Waals surface area contributed by atoms with Gasteiger partial charge in [-0.2, -0.15) is 0 Å². The summed E-state index contributed by atoms with van der Waals surface area (Å²) in [6.07, 6.45) is 5.01. The molecule has 3 rings (SSSR count). The SMILES string of the molecule is Nc1sc(C2CCCC2)nc1-c1cc(Cl)ccc1Cl. The van der Waals surface area contributed by atoms with Crippen molar-refractivity contribution < 1.29 is 0 Å². The lowest BCUT2D eigenvalue weighted by Gasteiger charge is -2.04. The zero-order valence-corrected chi connectivity index (χ0v) is 12.7. The van der Waals surface area contributed by atoms with Crippen LogP contribution in [0.2, 0.25) is 10.0 Å². The molecule has 1 heterocycles. The summed E-state index contributed by atoms with van der Waals surface area (Å²) in [6.45, 7) is 0. The minimum absolute atomic E-state index is 0.569. The van der Waals surface area contributed by atoms with E-state index in [1.54, 1.807) is 23.5 Å². The maximum absolute atomic E-state index is 6.22. The highest BCUT2D eigenvalue weighted by Crippen LogP contribution is 2.42. The molecule has 0 bridgehead atoms. The van der Waals surface area contributed by atoms with E-state index in [1.165, 1.54) is 25.7 Å². The van der Waals surface area contributed by atoms with Crippen molar-refractivity contribution in [1.82, 2.24) is 4.98 Å². The van der Waals surface area contributed by atoms with Crippen LogP contribution in [0.1, 0.15) is 36.6 Å². The van der Waals surface area contributed by atoms with Crippen molar-refractivity contribution in [2.75, 3.05) is 5.73 Å². The highest BCUT2D eigenvalue weighted by Gasteiger charge is 2.23. The number of rotatable bonds is 2. The summed E-state index contributed by atoms with van der Waals surface area (Å²) in [5, 5.41) is 3.15. The van der Waals surface area contributed by atoms with Gasteiger partial charge < -0.3 is 5.73 Å². The first-order chi connectivity index (χ1) is 9.15. The third-order valence-corrected chi connectivity index (χ3v) is 5.17. The molecule has 0 spiro atoms. The molecule has 2 aromatic rings. The third kappa shape index (κ3) is 2.60. The standard InChI is InChI=1S/C14H14Cl2N2S/c15-9-5-6-11(16)10(7-9)12-13(17)19-14(18-12)8-3-1-2-4-8/h5-8H,1-4,17H2. The number of benzene rings is 1. The van der Waals surface area contributed by atoms with E-state index in [-0.39, 0.29) is 0 Å². The van der Waals surface area contributed by atoms with Gasteiger partial charge in [0.2, 0.25) is 0 Å².